The number of benzene rings is 2. The van der Waals surface area contributed by atoms with E-state index in [0.29, 0.717) is 12.5 Å². The van der Waals surface area contributed by atoms with E-state index in [1.807, 2.05) is 35.0 Å². The van der Waals surface area contributed by atoms with Gasteiger partial charge in [0.1, 0.15) is 18.5 Å². The number of hydrogen-bond acceptors (Lipinski definition) is 2. The second-order valence-electron chi connectivity index (χ2n) is 6.03. The molecule has 0 bridgehead atoms. The molecule has 0 radical (unpaired) electrons. The lowest BCUT2D eigenvalue weighted by Gasteiger charge is -2.19. The van der Waals surface area contributed by atoms with E-state index in [0.717, 1.165) is 22.6 Å². The molecular weight excluding hydrogens is 313 g/mol. The van der Waals surface area contributed by atoms with E-state index < -0.39 is 0 Å². The molecule has 1 heterocycles. The monoisotopic (exact) mass is 327 g/mol. The Hall–Kier alpha value is -2.20. The van der Waals surface area contributed by atoms with Gasteiger partial charge in [0.15, 0.2) is 0 Å². The second kappa shape index (κ2) is 5.46. The van der Waals surface area contributed by atoms with Crippen LogP contribution in [0.15, 0.2) is 61.2 Å². The van der Waals surface area contributed by atoms with Crippen LogP contribution >= 0.6 is 11.6 Å². The number of halogens is 2. The zero-order chi connectivity index (χ0) is 15.9. The van der Waals surface area contributed by atoms with E-state index in [2.05, 4.69) is 16.1 Å². The van der Waals surface area contributed by atoms with Gasteiger partial charge in [-0.15, -0.1) is 0 Å². The Bertz CT molecular complexity index is 817. The van der Waals surface area contributed by atoms with Gasteiger partial charge in [0.2, 0.25) is 0 Å². The molecule has 3 nitrogen and oxygen atoms in total. The minimum atomic E-state index is -0.223. The molecule has 1 aliphatic rings. The molecule has 0 amide bonds. The van der Waals surface area contributed by atoms with Crippen molar-refractivity contribution < 1.29 is 4.39 Å². The normalized spacial score (nSPS) is 23.0. The average molecular weight is 328 g/mol. The zero-order valence-corrected chi connectivity index (χ0v) is 13.1. The molecule has 1 saturated carbocycles. The Labute approximate surface area is 138 Å². The molecule has 1 aromatic heterocycles. The number of aromatic nitrogens is 3. The third-order valence-corrected chi connectivity index (χ3v) is 5.03. The minimum absolute atomic E-state index is 0.119. The summed E-state index contributed by atoms with van der Waals surface area (Å²) < 4.78 is 15.1. The summed E-state index contributed by atoms with van der Waals surface area (Å²) in [6.07, 6.45) is 4.21. The van der Waals surface area contributed by atoms with Gasteiger partial charge in [-0.05, 0) is 41.7 Å². The Kier molecular flexibility index (Phi) is 3.42. The predicted molar refractivity (Wildman–Crippen MR) is 86.9 cm³/mol. The van der Waals surface area contributed by atoms with Crippen LogP contribution in [0, 0.1) is 5.82 Å². The van der Waals surface area contributed by atoms with Gasteiger partial charge in [-0.1, -0.05) is 41.9 Å². The summed E-state index contributed by atoms with van der Waals surface area (Å²) in [6.45, 7) is 0.703. The quantitative estimate of drug-likeness (QED) is 0.719. The van der Waals surface area contributed by atoms with Crippen molar-refractivity contribution in [2.45, 2.75) is 24.3 Å². The first kappa shape index (κ1) is 14.4. The van der Waals surface area contributed by atoms with E-state index in [9.17, 15) is 4.39 Å². The van der Waals surface area contributed by atoms with E-state index in [-0.39, 0.29) is 11.2 Å². The molecule has 2 atom stereocenters. The molecule has 1 fully saturated rings. The lowest BCUT2D eigenvalue weighted by atomic mass is 9.90. The molecule has 116 valence electrons. The van der Waals surface area contributed by atoms with Crippen molar-refractivity contribution >= 4 is 11.6 Å². The number of rotatable bonds is 4. The fourth-order valence-corrected chi connectivity index (χ4v) is 3.71. The van der Waals surface area contributed by atoms with Crippen LogP contribution in [0.25, 0.3) is 0 Å². The highest BCUT2D eigenvalue weighted by Crippen LogP contribution is 2.62. The Morgan fingerprint density at radius 1 is 1.17 bits per heavy atom. The molecule has 3 aromatic rings. The van der Waals surface area contributed by atoms with E-state index >= 15 is 0 Å². The summed E-state index contributed by atoms with van der Waals surface area (Å²) in [4.78, 5) is 4.02. The van der Waals surface area contributed by atoms with Gasteiger partial charge in [0.05, 0.1) is 6.54 Å². The lowest BCUT2D eigenvalue weighted by molar-refractivity contribution is 0.489. The summed E-state index contributed by atoms with van der Waals surface area (Å²) in [5.41, 5.74) is 2.13. The molecule has 0 saturated heterocycles. The lowest BCUT2D eigenvalue weighted by Crippen LogP contribution is -2.19. The summed E-state index contributed by atoms with van der Waals surface area (Å²) in [5, 5.41) is 5.01. The molecule has 1 aliphatic carbocycles. The fourth-order valence-electron chi connectivity index (χ4n) is 3.44. The van der Waals surface area contributed by atoms with Crippen LogP contribution < -0.4 is 0 Å². The molecule has 0 N–H and O–H groups in total. The van der Waals surface area contributed by atoms with Gasteiger partial charge >= 0.3 is 0 Å². The molecule has 2 aromatic carbocycles. The molecule has 0 aliphatic heterocycles. The summed E-state index contributed by atoms with van der Waals surface area (Å²) in [5.74, 6) is 0.0745. The van der Waals surface area contributed by atoms with Crippen molar-refractivity contribution in [3.05, 3.63) is 83.2 Å². The van der Waals surface area contributed by atoms with E-state index in [1.54, 1.807) is 6.33 Å². The van der Waals surface area contributed by atoms with Crippen LogP contribution in [0.5, 0.6) is 0 Å². The second-order valence-corrected chi connectivity index (χ2v) is 6.44. The first-order chi connectivity index (χ1) is 11.2. The standard InChI is InChI=1S/C18H15ClFN3/c19-17-4-2-1-3-15(17)16-9-18(16,10-23-12-21-11-22-23)13-5-7-14(20)8-6-13/h1-8,11-12,16H,9-10H2/t16-,18+/m0/s1. The molecule has 5 heteroatoms. The molecule has 0 unspecified atom stereocenters. The predicted octanol–water partition coefficient (Wildman–Crippen LogP) is 4.20. The first-order valence-electron chi connectivity index (χ1n) is 7.52. The van der Waals surface area contributed by atoms with Gasteiger partial charge in [-0.3, -0.25) is 4.68 Å². The van der Waals surface area contributed by atoms with E-state index in [1.165, 1.54) is 18.5 Å². The smallest absolute Gasteiger partial charge is 0.137 e. The Balaban J connectivity index is 1.74. The van der Waals surface area contributed by atoms with Crippen LogP contribution in [0.1, 0.15) is 23.5 Å². The molecule has 4 rings (SSSR count). The van der Waals surface area contributed by atoms with Gasteiger partial charge in [-0.25, -0.2) is 9.37 Å². The maximum atomic E-state index is 13.3. The van der Waals surface area contributed by atoms with Crippen LogP contribution in [0.4, 0.5) is 4.39 Å². The van der Waals surface area contributed by atoms with Gasteiger partial charge < -0.3 is 0 Å². The van der Waals surface area contributed by atoms with Crippen molar-refractivity contribution in [3.8, 4) is 0 Å². The van der Waals surface area contributed by atoms with E-state index in [4.69, 9.17) is 11.6 Å². The van der Waals surface area contributed by atoms with Crippen LogP contribution in [0.2, 0.25) is 5.02 Å². The fraction of sp³-hybridized carbons (Fsp3) is 0.222. The third kappa shape index (κ3) is 2.53. The van der Waals surface area contributed by atoms with Gasteiger partial charge in [-0.2, -0.15) is 5.10 Å². The topological polar surface area (TPSA) is 30.7 Å². The summed E-state index contributed by atoms with van der Waals surface area (Å²) in [6, 6.07) is 14.7. The minimum Gasteiger partial charge on any atom is -0.252 e. The molecule has 23 heavy (non-hydrogen) atoms. The maximum absolute atomic E-state index is 13.3. The molecule has 0 spiro atoms. The first-order valence-corrected chi connectivity index (χ1v) is 7.90. The third-order valence-electron chi connectivity index (χ3n) is 4.69. The summed E-state index contributed by atoms with van der Waals surface area (Å²) in [7, 11) is 0. The Morgan fingerprint density at radius 2 is 1.96 bits per heavy atom. The van der Waals surface area contributed by atoms with Crippen molar-refractivity contribution in [1.29, 1.82) is 0 Å². The highest BCUT2D eigenvalue weighted by atomic mass is 35.5. The highest BCUT2D eigenvalue weighted by molar-refractivity contribution is 6.31. The SMILES string of the molecule is Fc1ccc([C@]2(Cn3cncn3)C[C@H]2c2ccccc2Cl)cc1. The maximum Gasteiger partial charge on any atom is 0.137 e. The van der Waals surface area contributed by atoms with Crippen molar-refractivity contribution in [2.24, 2.45) is 0 Å². The average Bonchev–Trinajstić information content (AvgIpc) is 3.02. The van der Waals surface area contributed by atoms with Gasteiger partial charge in [0, 0.05) is 10.4 Å². The molecular formula is C18H15ClFN3. The Morgan fingerprint density at radius 3 is 2.65 bits per heavy atom. The van der Waals surface area contributed by atoms with Crippen LogP contribution in [-0.4, -0.2) is 14.8 Å². The van der Waals surface area contributed by atoms with Crippen molar-refractivity contribution in [1.82, 2.24) is 14.8 Å². The van der Waals surface area contributed by atoms with Crippen molar-refractivity contribution in [2.75, 3.05) is 0 Å². The van der Waals surface area contributed by atoms with Crippen molar-refractivity contribution in [3.63, 3.8) is 0 Å². The number of hydrogen-bond donors (Lipinski definition) is 0. The highest BCUT2D eigenvalue weighted by Gasteiger charge is 2.56. The summed E-state index contributed by atoms with van der Waals surface area (Å²) >= 11 is 6.39. The van der Waals surface area contributed by atoms with Crippen LogP contribution in [-0.2, 0) is 12.0 Å². The van der Waals surface area contributed by atoms with Gasteiger partial charge in [0.25, 0.3) is 0 Å². The largest absolute Gasteiger partial charge is 0.252 e. The van der Waals surface area contributed by atoms with Crippen LogP contribution in [0.3, 0.4) is 0 Å². The number of nitrogens with zero attached hydrogens (tertiary/aromatic N) is 3. The zero-order valence-electron chi connectivity index (χ0n) is 12.4.